The van der Waals surface area contributed by atoms with E-state index >= 15 is 0 Å². The monoisotopic (exact) mass is 310 g/mol. The van der Waals surface area contributed by atoms with Crippen LogP contribution >= 0.6 is 0 Å². The van der Waals surface area contributed by atoms with Gasteiger partial charge in [0.2, 0.25) is 0 Å². The highest BCUT2D eigenvalue weighted by atomic mass is 19.4. The van der Waals surface area contributed by atoms with Crippen LogP contribution in [0.3, 0.4) is 0 Å². The number of hydrogen-bond donors (Lipinski definition) is 2. The molecule has 0 aliphatic heterocycles. The summed E-state index contributed by atoms with van der Waals surface area (Å²) >= 11 is 0. The van der Waals surface area contributed by atoms with Gasteiger partial charge in [-0.1, -0.05) is 12.6 Å². The van der Waals surface area contributed by atoms with Gasteiger partial charge in [0.25, 0.3) is 0 Å². The van der Waals surface area contributed by atoms with E-state index in [0.717, 1.165) is 17.7 Å². The van der Waals surface area contributed by atoms with Gasteiger partial charge in [-0.15, -0.1) is 0 Å². The maximum Gasteiger partial charge on any atom is 0.418 e. The number of nitrogens with two attached hydrogens (primary N) is 1. The molecule has 0 unspecified atom stereocenters. The molecule has 0 spiro atoms. The van der Waals surface area contributed by atoms with Crippen molar-refractivity contribution in [3.8, 4) is 0 Å². The smallest absolute Gasteiger partial charge is 0.399 e. The van der Waals surface area contributed by atoms with Gasteiger partial charge >= 0.3 is 6.18 Å². The van der Waals surface area contributed by atoms with Gasteiger partial charge in [-0.25, -0.2) is 4.39 Å². The number of anilines is 2. The lowest BCUT2D eigenvalue weighted by molar-refractivity contribution is -0.137. The van der Waals surface area contributed by atoms with Crippen LogP contribution in [-0.2, 0) is 6.18 Å². The summed E-state index contributed by atoms with van der Waals surface area (Å²) in [4.78, 5) is 0. The third-order valence-electron chi connectivity index (χ3n) is 3.16. The van der Waals surface area contributed by atoms with Gasteiger partial charge in [-0.2, -0.15) is 13.2 Å². The average Bonchev–Trinajstić information content (AvgIpc) is 2.42. The normalized spacial score (nSPS) is 11.3. The highest BCUT2D eigenvalue weighted by molar-refractivity contribution is 5.79. The van der Waals surface area contributed by atoms with E-state index in [2.05, 4.69) is 11.9 Å². The fourth-order valence-electron chi connectivity index (χ4n) is 2.05. The number of benzene rings is 2. The predicted octanol–water partition coefficient (Wildman–Crippen LogP) is 4.82. The van der Waals surface area contributed by atoms with E-state index in [0.29, 0.717) is 17.3 Å². The highest BCUT2D eigenvalue weighted by Crippen LogP contribution is 2.36. The molecule has 0 aromatic heterocycles. The topological polar surface area (TPSA) is 38.0 Å². The lowest BCUT2D eigenvalue weighted by Gasteiger charge is -2.17. The fourth-order valence-corrected chi connectivity index (χ4v) is 2.05. The molecule has 3 N–H and O–H groups in total. The van der Waals surface area contributed by atoms with Crippen molar-refractivity contribution < 1.29 is 17.6 Å². The molecule has 0 radical (unpaired) electrons. The first-order chi connectivity index (χ1) is 10.2. The van der Waals surface area contributed by atoms with E-state index < -0.39 is 17.6 Å². The van der Waals surface area contributed by atoms with Gasteiger partial charge in [0, 0.05) is 16.9 Å². The molecule has 0 fully saturated rings. The van der Waals surface area contributed by atoms with Gasteiger partial charge in [-0.3, -0.25) is 0 Å². The minimum Gasteiger partial charge on any atom is -0.399 e. The third kappa shape index (κ3) is 3.39. The second-order valence-electron chi connectivity index (χ2n) is 4.87. The minimum atomic E-state index is -4.67. The summed E-state index contributed by atoms with van der Waals surface area (Å²) in [6.07, 6.45) is -4.67. The Kier molecular flexibility index (Phi) is 4.12. The third-order valence-corrected chi connectivity index (χ3v) is 3.16. The number of alkyl halides is 3. The molecule has 2 nitrogen and oxygen atoms in total. The molecule has 2 rings (SSSR count). The Balaban J connectivity index is 2.39. The maximum atomic E-state index is 13.1. The Morgan fingerprint density at radius 3 is 2.45 bits per heavy atom. The number of halogens is 4. The van der Waals surface area contributed by atoms with Crippen LogP contribution in [0, 0.1) is 12.7 Å². The second kappa shape index (κ2) is 5.71. The summed E-state index contributed by atoms with van der Waals surface area (Å²) in [5.74, 6) is -0.955. The molecule has 0 bridgehead atoms. The summed E-state index contributed by atoms with van der Waals surface area (Å²) in [5, 5.41) is 2.59. The first kappa shape index (κ1) is 15.9. The molecule has 0 amide bonds. The fraction of sp³-hybridized carbons (Fsp3) is 0.125. The zero-order valence-electron chi connectivity index (χ0n) is 11.8. The molecular formula is C16H14F4N2. The number of nitrogens with one attached hydrogen (secondary N) is 1. The van der Waals surface area contributed by atoms with Crippen LogP contribution in [0.5, 0.6) is 0 Å². The van der Waals surface area contributed by atoms with Crippen molar-refractivity contribution in [3.63, 3.8) is 0 Å². The summed E-state index contributed by atoms with van der Waals surface area (Å²) in [6, 6.07) is 7.48. The number of aryl methyl sites for hydroxylation is 1. The van der Waals surface area contributed by atoms with Gasteiger partial charge in [0.1, 0.15) is 5.82 Å². The van der Waals surface area contributed by atoms with Crippen LogP contribution in [0.15, 0.2) is 43.0 Å². The van der Waals surface area contributed by atoms with Crippen LogP contribution in [-0.4, -0.2) is 0 Å². The largest absolute Gasteiger partial charge is 0.418 e. The molecule has 6 heteroatoms. The molecule has 0 heterocycles. The molecule has 2 aromatic rings. The van der Waals surface area contributed by atoms with E-state index in [4.69, 9.17) is 5.73 Å². The van der Waals surface area contributed by atoms with E-state index in [-0.39, 0.29) is 11.4 Å². The zero-order valence-corrected chi connectivity index (χ0v) is 11.8. The van der Waals surface area contributed by atoms with E-state index in [1.165, 1.54) is 0 Å². The summed E-state index contributed by atoms with van der Waals surface area (Å²) in [5.41, 5.74) is 6.45. The average molecular weight is 310 g/mol. The van der Waals surface area contributed by atoms with Crippen molar-refractivity contribution in [2.45, 2.75) is 13.1 Å². The number of hydrogen-bond acceptors (Lipinski definition) is 2. The van der Waals surface area contributed by atoms with E-state index in [1.807, 2.05) is 0 Å². The Morgan fingerprint density at radius 1 is 1.14 bits per heavy atom. The van der Waals surface area contributed by atoms with Gasteiger partial charge in [0.05, 0.1) is 11.3 Å². The number of nitrogen functional groups attached to an aromatic ring is 1. The molecule has 22 heavy (non-hydrogen) atoms. The van der Waals surface area contributed by atoms with Crippen molar-refractivity contribution in [3.05, 3.63) is 65.5 Å². The van der Waals surface area contributed by atoms with Gasteiger partial charge < -0.3 is 11.1 Å². The molecule has 2 aromatic carbocycles. The quantitative estimate of drug-likeness (QED) is 0.630. The second-order valence-corrected chi connectivity index (χ2v) is 4.87. The van der Waals surface area contributed by atoms with Crippen molar-refractivity contribution in [2.24, 2.45) is 0 Å². The highest BCUT2D eigenvalue weighted by Gasteiger charge is 2.34. The van der Waals surface area contributed by atoms with Crippen molar-refractivity contribution in [1.82, 2.24) is 0 Å². The van der Waals surface area contributed by atoms with Crippen LogP contribution in [0.25, 0.3) is 5.70 Å². The van der Waals surface area contributed by atoms with Crippen LogP contribution in [0.4, 0.5) is 28.9 Å². The Bertz CT molecular complexity index is 721. The van der Waals surface area contributed by atoms with Crippen molar-refractivity contribution in [1.29, 1.82) is 0 Å². The maximum absolute atomic E-state index is 13.1. The molecule has 0 atom stereocenters. The summed E-state index contributed by atoms with van der Waals surface area (Å²) < 4.78 is 52.0. The molecule has 0 saturated heterocycles. The van der Waals surface area contributed by atoms with Gasteiger partial charge in [-0.05, 0) is 42.8 Å². The SMILES string of the molecule is C=C(Nc1ccc(F)cc1C(F)(F)F)c1cc(N)ccc1C. The first-order valence-corrected chi connectivity index (χ1v) is 6.37. The standard InChI is InChI=1S/C16H14F4N2/c1-9-3-5-12(21)8-13(9)10(2)22-15-6-4-11(17)7-14(15)16(18,19)20/h3-8,22H,2,21H2,1H3. The predicted molar refractivity (Wildman–Crippen MR) is 79.7 cm³/mol. The van der Waals surface area contributed by atoms with Crippen LogP contribution in [0.1, 0.15) is 16.7 Å². The van der Waals surface area contributed by atoms with Crippen molar-refractivity contribution >= 4 is 17.1 Å². The van der Waals surface area contributed by atoms with Crippen LogP contribution in [0.2, 0.25) is 0 Å². The Labute approximate surface area is 125 Å². The van der Waals surface area contributed by atoms with Crippen LogP contribution < -0.4 is 11.1 Å². The lowest BCUT2D eigenvalue weighted by atomic mass is 10.0. The first-order valence-electron chi connectivity index (χ1n) is 6.37. The van der Waals surface area contributed by atoms with E-state index in [9.17, 15) is 17.6 Å². The molecule has 0 aliphatic carbocycles. The summed E-state index contributed by atoms with van der Waals surface area (Å²) in [7, 11) is 0. The zero-order chi connectivity index (χ0) is 16.5. The molecular weight excluding hydrogens is 296 g/mol. The Hall–Kier alpha value is -2.50. The minimum absolute atomic E-state index is 0.252. The summed E-state index contributed by atoms with van der Waals surface area (Å²) in [6.45, 7) is 5.53. The van der Waals surface area contributed by atoms with E-state index in [1.54, 1.807) is 25.1 Å². The molecule has 116 valence electrons. The molecule has 0 aliphatic rings. The lowest BCUT2D eigenvalue weighted by Crippen LogP contribution is -2.11. The van der Waals surface area contributed by atoms with Crippen molar-refractivity contribution in [2.75, 3.05) is 11.1 Å². The Morgan fingerprint density at radius 2 is 1.82 bits per heavy atom. The molecule has 0 saturated carbocycles. The van der Waals surface area contributed by atoms with Gasteiger partial charge in [0.15, 0.2) is 0 Å². The number of rotatable bonds is 3.